The summed E-state index contributed by atoms with van der Waals surface area (Å²) < 4.78 is 11.9. The largest absolute Gasteiger partial charge is 0.490 e. The molecule has 1 unspecified atom stereocenters. The number of nitrogens with zero attached hydrogens (tertiary/aromatic N) is 2. The number of amides is 1. The minimum absolute atomic E-state index is 0.00191. The van der Waals surface area contributed by atoms with Gasteiger partial charge in [0.25, 0.3) is 5.91 Å². The fraction of sp³-hybridized carbons (Fsp3) is 0.429. The van der Waals surface area contributed by atoms with Gasteiger partial charge in [0.15, 0.2) is 5.60 Å². The number of carbonyl (C=O) groups excluding carboxylic acids is 1. The van der Waals surface area contributed by atoms with Crippen molar-refractivity contribution >= 4 is 12.1 Å². The molecular formula is C21H26N2O3. The molecule has 1 aromatic carbocycles. The molecule has 0 bridgehead atoms. The van der Waals surface area contributed by atoms with Crippen molar-refractivity contribution in [2.45, 2.75) is 50.9 Å². The third-order valence-corrected chi connectivity index (χ3v) is 5.05. The Kier molecular flexibility index (Phi) is 5.57. The fourth-order valence-corrected chi connectivity index (χ4v) is 3.65. The summed E-state index contributed by atoms with van der Waals surface area (Å²) in [5.74, 6) is 0.901. The van der Waals surface area contributed by atoms with Crippen LogP contribution in [0.3, 0.4) is 0 Å². The van der Waals surface area contributed by atoms with E-state index in [4.69, 9.17) is 9.47 Å². The van der Waals surface area contributed by atoms with Crippen molar-refractivity contribution in [3.63, 3.8) is 0 Å². The molecule has 1 heterocycles. The molecule has 1 aromatic rings. The van der Waals surface area contributed by atoms with Gasteiger partial charge in [0, 0.05) is 25.3 Å². The second-order valence-corrected chi connectivity index (χ2v) is 6.83. The SMILES string of the molecule is C=CC=N/C=C(\C)C(CC)N1COC2(CC(Oc3ccccc3)C2)C1=O. The summed E-state index contributed by atoms with van der Waals surface area (Å²) >= 11 is 0. The van der Waals surface area contributed by atoms with E-state index in [1.807, 2.05) is 42.2 Å². The van der Waals surface area contributed by atoms with Crippen LogP contribution in [0.1, 0.15) is 33.1 Å². The molecule has 1 atom stereocenters. The number of hydrogen-bond acceptors (Lipinski definition) is 4. The summed E-state index contributed by atoms with van der Waals surface area (Å²) in [5.41, 5.74) is 0.327. The van der Waals surface area contributed by atoms with E-state index in [9.17, 15) is 4.79 Å². The van der Waals surface area contributed by atoms with Crippen LogP contribution in [0.15, 0.2) is 59.8 Å². The van der Waals surface area contributed by atoms with Gasteiger partial charge in [0.05, 0.1) is 6.04 Å². The van der Waals surface area contributed by atoms with Gasteiger partial charge in [-0.1, -0.05) is 37.8 Å². The summed E-state index contributed by atoms with van der Waals surface area (Å²) in [7, 11) is 0. The fourth-order valence-electron chi connectivity index (χ4n) is 3.65. The minimum atomic E-state index is -0.711. The normalized spacial score (nSPS) is 27.0. The van der Waals surface area contributed by atoms with Gasteiger partial charge in [0.2, 0.25) is 0 Å². The van der Waals surface area contributed by atoms with Crippen LogP contribution in [-0.4, -0.2) is 41.5 Å². The molecule has 1 aliphatic heterocycles. The third kappa shape index (κ3) is 3.58. The molecule has 5 nitrogen and oxygen atoms in total. The lowest BCUT2D eigenvalue weighted by molar-refractivity contribution is -0.155. The van der Waals surface area contributed by atoms with Crippen LogP contribution in [0.4, 0.5) is 0 Å². The number of carbonyl (C=O) groups is 1. The molecule has 2 aliphatic rings. The van der Waals surface area contributed by atoms with Gasteiger partial charge in [-0.05, 0) is 31.1 Å². The van der Waals surface area contributed by atoms with E-state index in [0.29, 0.717) is 19.6 Å². The maximum atomic E-state index is 13.0. The number of ether oxygens (including phenoxy) is 2. The Morgan fingerprint density at radius 3 is 2.85 bits per heavy atom. The van der Waals surface area contributed by atoms with Gasteiger partial charge in [0.1, 0.15) is 18.6 Å². The summed E-state index contributed by atoms with van der Waals surface area (Å²) in [4.78, 5) is 19.0. The molecule has 1 saturated heterocycles. The van der Waals surface area contributed by atoms with Gasteiger partial charge >= 0.3 is 0 Å². The number of aliphatic imine (C=N–C) groups is 1. The van der Waals surface area contributed by atoms with Crippen LogP contribution < -0.4 is 4.74 Å². The van der Waals surface area contributed by atoms with Crippen molar-refractivity contribution in [3.8, 4) is 5.75 Å². The molecule has 2 fully saturated rings. The van der Waals surface area contributed by atoms with Crippen molar-refractivity contribution in [1.29, 1.82) is 0 Å². The zero-order valence-electron chi connectivity index (χ0n) is 15.4. The average molecular weight is 354 g/mol. The molecule has 0 radical (unpaired) electrons. The second-order valence-electron chi connectivity index (χ2n) is 6.83. The van der Waals surface area contributed by atoms with E-state index < -0.39 is 5.60 Å². The molecule has 3 rings (SSSR count). The Hall–Kier alpha value is -2.40. The first-order valence-electron chi connectivity index (χ1n) is 9.07. The lowest BCUT2D eigenvalue weighted by Gasteiger charge is -2.41. The molecule has 1 saturated carbocycles. The van der Waals surface area contributed by atoms with Crippen molar-refractivity contribution in [3.05, 3.63) is 54.8 Å². The lowest BCUT2D eigenvalue weighted by atomic mass is 9.76. The number of para-hydroxylation sites is 1. The number of hydrogen-bond donors (Lipinski definition) is 0. The number of rotatable bonds is 7. The maximum absolute atomic E-state index is 13.0. The summed E-state index contributed by atoms with van der Waals surface area (Å²) in [6.45, 7) is 8.00. The van der Waals surface area contributed by atoms with Crippen molar-refractivity contribution in [2.75, 3.05) is 6.73 Å². The zero-order valence-corrected chi connectivity index (χ0v) is 15.4. The van der Waals surface area contributed by atoms with Crippen molar-refractivity contribution < 1.29 is 14.3 Å². The van der Waals surface area contributed by atoms with Gasteiger partial charge in [-0.3, -0.25) is 9.79 Å². The van der Waals surface area contributed by atoms with E-state index >= 15 is 0 Å². The van der Waals surface area contributed by atoms with Crippen LogP contribution in [0.2, 0.25) is 0 Å². The first-order valence-corrected chi connectivity index (χ1v) is 9.07. The van der Waals surface area contributed by atoms with Crippen LogP contribution in [0.25, 0.3) is 0 Å². The Labute approximate surface area is 155 Å². The molecule has 1 aliphatic carbocycles. The van der Waals surface area contributed by atoms with E-state index in [-0.39, 0.29) is 18.1 Å². The van der Waals surface area contributed by atoms with Crippen LogP contribution >= 0.6 is 0 Å². The smallest absolute Gasteiger partial charge is 0.257 e. The Bertz CT molecular complexity index is 705. The van der Waals surface area contributed by atoms with Crippen molar-refractivity contribution in [1.82, 2.24) is 4.90 Å². The monoisotopic (exact) mass is 354 g/mol. The highest BCUT2D eigenvalue weighted by atomic mass is 16.6. The Balaban J connectivity index is 1.62. The number of allylic oxidation sites excluding steroid dienone is 1. The highest BCUT2D eigenvalue weighted by Crippen LogP contribution is 2.44. The van der Waals surface area contributed by atoms with E-state index in [2.05, 4.69) is 18.5 Å². The quantitative estimate of drug-likeness (QED) is 0.701. The second kappa shape index (κ2) is 7.87. The van der Waals surface area contributed by atoms with Gasteiger partial charge in [-0.2, -0.15) is 0 Å². The topological polar surface area (TPSA) is 51.1 Å². The molecule has 138 valence electrons. The molecule has 26 heavy (non-hydrogen) atoms. The predicted octanol–water partition coefficient (Wildman–Crippen LogP) is 3.72. The zero-order chi connectivity index (χ0) is 18.6. The highest BCUT2D eigenvalue weighted by molar-refractivity contribution is 5.88. The summed E-state index contributed by atoms with van der Waals surface area (Å²) in [6.07, 6.45) is 7.10. The molecule has 1 amide bonds. The van der Waals surface area contributed by atoms with E-state index in [0.717, 1.165) is 17.7 Å². The van der Waals surface area contributed by atoms with Crippen LogP contribution in [0, 0.1) is 0 Å². The number of benzene rings is 1. The molecule has 5 heteroatoms. The van der Waals surface area contributed by atoms with E-state index in [1.54, 1.807) is 18.5 Å². The minimum Gasteiger partial charge on any atom is -0.490 e. The molecule has 0 N–H and O–H groups in total. The molecule has 0 aromatic heterocycles. The van der Waals surface area contributed by atoms with Crippen molar-refractivity contribution in [2.24, 2.45) is 4.99 Å². The molecule has 1 spiro atoms. The predicted molar refractivity (Wildman–Crippen MR) is 102 cm³/mol. The van der Waals surface area contributed by atoms with E-state index in [1.165, 1.54) is 0 Å². The standard InChI is InChI=1S/C21H26N2O3/c1-4-11-22-14-16(3)19(5-2)23-15-25-21(20(23)24)12-18(13-21)26-17-9-7-6-8-10-17/h4,6-11,14,18-19H,1,5,12-13,15H2,2-3H3/b16-14+,22-11?. The highest BCUT2D eigenvalue weighted by Gasteiger charge is 2.59. The van der Waals surface area contributed by atoms with Gasteiger partial charge in [-0.25, -0.2) is 0 Å². The lowest BCUT2D eigenvalue weighted by Crippen LogP contribution is -2.56. The Morgan fingerprint density at radius 2 is 2.19 bits per heavy atom. The average Bonchev–Trinajstić information content (AvgIpc) is 2.94. The Morgan fingerprint density at radius 1 is 1.46 bits per heavy atom. The third-order valence-electron chi connectivity index (χ3n) is 5.05. The molecular weight excluding hydrogens is 328 g/mol. The first kappa shape index (κ1) is 18.4. The van der Waals surface area contributed by atoms with Gasteiger partial charge in [-0.15, -0.1) is 0 Å². The van der Waals surface area contributed by atoms with Crippen LogP contribution in [-0.2, 0) is 9.53 Å². The first-order chi connectivity index (χ1) is 12.6. The summed E-state index contributed by atoms with van der Waals surface area (Å²) in [6, 6.07) is 9.70. The summed E-state index contributed by atoms with van der Waals surface area (Å²) in [5, 5.41) is 0. The van der Waals surface area contributed by atoms with Crippen LogP contribution in [0.5, 0.6) is 5.75 Å². The van der Waals surface area contributed by atoms with Gasteiger partial charge < -0.3 is 14.4 Å². The maximum Gasteiger partial charge on any atom is 0.257 e.